The van der Waals surface area contributed by atoms with Crippen molar-refractivity contribution in [1.29, 1.82) is 5.41 Å². The minimum Gasteiger partial charge on any atom is -0.423 e. The molecular formula is C24H27N5O2. The standard InChI is InChI=1S/C24H27N5O2/c1-24(2,3)13-20-18-11-9-17(12-15(18)6-10-19(20)21(25)26)31-22(30)14-4-7-16(8-5-14)29-23(27)28/h4-12H,13H2,1-3H3,(H3,25,26)(H4,27,28,29). The van der Waals surface area contributed by atoms with Crippen LogP contribution < -0.4 is 21.9 Å². The highest BCUT2D eigenvalue weighted by molar-refractivity contribution is 6.02. The smallest absolute Gasteiger partial charge is 0.343 e. The average molecular weight is 418 g/mol. The molecule has 0 aromatic heterocycles. The normalized spacial score (nSPS) is 11.2. The molecule has 0 saturated carbocycles. The maximum atomic E-state index is 12.5. The molecule has 0 saturated heterocycles. The molecule has 3 aromatic carbocycles. The summed E-state index contributed by atoms with van der Waals surface area (Å²) in [5.41, 5.74) is 19.2. The zero-order valence-corrected chi connectivity index (χ0v) is 17.9. The number of rotatable bonds is 5. The van der Waals surface area contributed by atoms with Gasteiger partial charge in [-0.25, -0.2) is 9.79 Å². The Kier molecular flexibility index (Phi) is 5.97. The third-order valence-electron chi connectivity index (χ3n) is 4.67. The number of guanidine groups is 1. The Balaban J connectivity index is 1.90. The van der Waals surface area contributed by atoms with Gasteiger partial charge in [-0.1, -0.05) is 39.0 Å². The van der Waals surface area contributed by atoms with Crippen molar-refractivity contribution in [3.8, 4) is 5.75 Å². The van der Waals surface area contributed by atoms with Gasteiger partial charge in [0, 0.05) is 5.56 Å². The van der Waals surface area contributed by atoms with Crippen LogP contribution in [0.25, 0.3) is 10.8 Å². The average Bonchev–Trinajstić information content (AvgIpc) is 2.66. The van der Waals surface area contributed by atoms with Gasteiger partial charge in [0.05, 0.1) is 11.3 Å². The molecule has 0 heterocycles. The molecule has 0 aliphatic heterocycles. The van der Waals surface area contributed by atoms with Gasteiger partial charge in [0.25, 0.3) is 0 Å². The molecule has 7 heteroatoms. The van der Waals surface area contributed by atoms with Crippen molar-refractivity contribution in [2.24, 2.45) is 27.6 Å². The molecule has 0 unspecified atom stereocenters. The Morgan fingerprint density at radius 2 is 1.68 bits per heavy atom. The van der Waals surface area contributed by atoms with Crippen LogP contribution in [0.1, 0.15) is 42.3 Å². The number of amidine groups is 1. The number of esters is 1. The van der Waals surface area contributed by atoms with E-state index in [-0.39, 0.29) is 17.2 Å². The van der Waals surface area contributed by atoms with Crippen LogP contribution in [0.5, 0.6) is 5.75 Å². The van der Waals surface area contributed by atoms with E-state index in [0.29, 0.717) is 17.0 Å². The quantitative estimate of drug-likeness (QED) is 0.216. The van der Waals surface area contributed by atoms with Gasteiger partial charge in [-0.2, -0.15) is 0 Å². The molecule has 0 aliphatic carbocycles. The van der Waals surface area contributed by atoms with Gasteiger partial charge in [-0.15, -0.1) is 0 Å². The highest BCUT2D eigenvalue weighted by Gasteiger charge is 2.18. The first-order valence-corrected chi connectivity index (χ1v) is 9.85. The molecule has 7 N–H and O–H groups in total. The number of carbonyl (C=O) groups excluding carboxylic acids is 1. The fourth-order valence-electron chi connectivity index (χ4n) is 3.40. The summed E-state index contributed by atoms with van der Waals surface area (Å²) in [6.45, 7) is 6.43. The van der Waals surface area contributed by atoms with E-state index >= 15 is 0 Å². The van der Waals surface area contributed by atoms with Crippen molar-refractivity contribution >= 4 is 34.2 Å². The van der Waals surface area contributed by atoms with Crippen molar-refractivity contribution in [2.75, 3.05) is 0 Å². The fourth-order valence-corrected chi connectivity index (χ4v) is 3.40. The number of nitrogens with one attached hydrogen (secondary N) is 1. The summed E-state index contributed by atoms with van der Waals surface area (Å²) in [7, 11) is 0. The lowest BCUT2D eigenvalue weighted by molar-refractivity contribution is 0.0735. The highest BCUT2D eigenvalue weighted by Crippen LogP contribution is 2.31. The van der Waals surface area contributed by atoms with Crippen LogP contribution in [0.2, 0.25) is 0 Å². The number of carbonyl (C=O) groups is 1. The van der Waals surface area contributed by atoms with E-state index in [1.165, 1.54) is 0 Å². The molecule has 0 amide bonds. The molecule has 7 nitrogen and oxygen atoms in total. The molecule has 0 spiro atoms. The van der Waals surface area contributed by atoms with E-state index in [4.69, 9.17) is 27.3 Å². The van der Waals surface area contributed by atoms with Crippen LogP contribution in [-0.2, 0) is 6.42 Å². The van der Waals surface area contributed by atoms with Crippen molar-refractivity contribution < 1.29 is 9.53 Å². The van der Waals surface area contributed by atoms with E-state index in [1.807, 2.05) is 24.3 Å². The summed E-state index contributed by atoms with van der Waals surface area (Å²) in [5.74, 6) is -0.0555. The predicted octanol–water partition coefficient (Wildman–Crippen LogP) is 3.84. The molecule has 160 valence electrons. The summed E-state index contributed by atoms with van der Waals surface area (Å²) in [4.78, 5) is 16.5. The molecule has 0 fully saturated rings. The molecule has 3 rings (SSSR count). The topological polar surface area (TPSA) is 141 Å². The van der Waals surface area contributed by atoms with Crippen molar-refractivity contribution in [1.82, 2.24) is 0 Å². The number of benzene rings is 3. The molecule has 31 heavy (non-hydrogen) atoms. The van der Waals surface area contributed by atoms with Crippen LogP contribution in [-0.4, -0.2) is 17.8 Å². The van der Waals surface area contributed by atoms with Crippen LogP contribution in [0.4, 0.5) is 5.69 Å². The second-order valence-corrected chi connectivity index (χ2v) is 8.60. The van der Waals surface area contributed by atoms with Gasteiger partial charge >= 0.3 is 5.97 Å². The zero-order chi connectivity index (χ0) is 22.8. The Morgan fingerprint density at radius 1 is 1.00 bits per heavy atom. The number of nitrogens with zero attached hydrogens (tertiary/aromatic N) is 1. The van der Waals surface area contributed by atoms with E-state index in [9.17, 15) is 4.79 Å². The Hall–Kier alpha value is -3.87. The summed E-state index contributed by atoms with van der Waals surface area (Å²) < 4.78 is 5.56. The third kappa shape index (κ3) is 5.39. The first-order valence-electron chi connectivity index (χ1n) is 9.85. The number of nitrogen functional groups attached to an aromatic ring is 1. The van der Waals surface area contributed by atoms with E-state index in [1.54, 1.807) is 30.3 Å². The molecular weight excluding hydrogens is 390 g/mol. The molecule has 3 aromatic rings. The first-order chi connectivity index (χ1) is 14.5. The molecule has 0 bridgehead atoms. The summed E-state index contributed by atoms with van der Waals surface area (Å²) >= 11 is 0. The molecule has 0 aliphatic rings. The second-order valence-electron chi connectivity index (χ2n) is 8.60. The third-order valence-corrected chi connectivity index (χ3v) is 4.67. The highest BCUT2D eigenvalue weighted by atomic mass is 16.5. The lowest BCUT2D eigenvalue weighted by atomic mass is 9.83. The van der Waals surface area contributed by atoms with Crippen molar-refractivity contribution in [3.63, 3.8) is 0 Å². The van der Waals surface area contributed by atoms with Crippen LogP contribution in [0, 0.1) is 10.8 Å². The monoisotopic (exact) mass is 417 g/mol. The van der Waals surface area contributed by atoms with E-state index in [2.05, 4.69) is 25.8 Å². The van der Waals surface area contributed by atoms with Gasteiger partial charge in [0.2, 0.25) is 0 Å². The predicted molar refractivity (Wildman–Crippen MR) is 125 cm³/mol. The zero-order valence-electron chi connectivity index (χ0n) is 17.9. The Labute approximate surface area is 181 Å². The summed E-state index contributed by atoms with van der Waals surface area (Å²) in [6, 6.07) is 15.7. The van der Waals surface area contributed by atoms with E-state index in [0.717, 1.165) is 28.3 Å². The van der Waals surface area contributed by atoms with Crippen molar-refractivity contribution in [3.05, 3.63) is 71.3 Å². The van der Waals surface area contributed by atoms with Crippen LogP contribution >= 0.6 is 0 Å². The number of ether oxygens (including phenoxy) is 1. The lowest BCUT2D eigenvalue weighted by Crippen LogP contribution is -2.21. The molecule has 0 radical (unpaired) electrons. The summed E-state index contributed by atoms with van der Waals surface area (Å²) in [5, 5.41) is 9.83. The minimum absolute atomic E-state index is 0.0222. The van der Waals surface area contributed by atoms with Gasteiger partial charge in [-0.3, -0.25) is 5.41 Å². The van der Waals surface area contributed by atoms with Gasteiger partial charge in [0.1, 0.15) is 11.6 Å². The maximum Gasteiger partial charge on any atom is 0.343 e. The SMILES string of the molecule is CC(C)(C)Cc1c(C(=N)N)ccc2cc(OC(=O)c3ccc(N=C(N)N)cc3)ccc12. The minimum atomic E-state index is -0.481. The number of nitrogens with two attached hydrogens (primary N) is 3. The van der Waals surface area contributed by atoms with Crippen molar-refractivity contribution in [2.45, 2.75) is 27.2 Å². The van der Waals surface area contributed by atoms with Crippen LogP contribution in [0.3, 0.4) is 0 Å². The Bertz CT molecular complexity index is 1170. The number of hydrogen-bond acceptors (Lipinski definition) is 4. The van der Waals surface area contributed by atoms with E-state index < -0.39 is 5.97 Å². The second kappa shape index (κ2) is 8.47. The lowest BCUT2D eigenvalue weighted by Gasteiger charge is -2.22. The number of fused-ring (bicyclic) bond motifs is 1. The summed E-state index contributed by atoms with van der Waals surface area (Å²) in [6.07, 6.45) is 0.764. The number of hydrogen-bond donors (Lipinski definition) is 4. The fraction of sp³-hybridized carbons (Fsp3) is 0.208. The maximum absolute atomic E-state index is 12.5. The van der Waals surface area contributed by atoms with Gasteiger partial charge < -0.3 is 21.9 Å². The largest absolute Gasteiger partial charge is 0.423 e. The molecule has 0 atom stereocenters. The van der Waals surface area contributed by atoms with Gasteiger partial charge in [-0.05, 0) is 64.6 Å². The first kappa shape index (κ1) is 21.8. The van der Waals surface area contributed by atoms with Crippen LogP contribution in [0.15, 0.2) is 59.6 Å². The van der Waals surface area contributed by atoms with Gasteiger partial charge in [0.15, 0.2) is 5.96 Å². The Morgan fingerprint density at radius 3 is 2.26 bits per heavy atom. The number of aliphatic imine (C=N–C) groups is 1.